The lowest BCUT2D eigenvalue weighted by atomic mass is 10.1. The molecule has 0 atom stereocenters. The molecule has 1 aromatic heterocycles. The largest absolute Gasteiger partial charge is 0.367 e. The fraction of sp³-hybridized carbons (Fsp3) is 0.350. The van der Waals surface area contributed by atoms with E-state index in [1.54, 1.807) is 29.2 Å². The first-order chi connectivity index (χ1) is 13.0. The van der Waals surface area contributed by atoms with Gasteiger partial charge < -0.3 is 20.1 Å². The lowest BCUT2D eigenvalue weighted by molar-refractivity contribution is -0.130. The van der Waals surface area contributed by atoms with Crippen molar-refractivity contribution in [2.75, 3.05) is 31.5 Å². The Morgan fingerprint density at radius 2 is 1.70 bits per heavy atom. The molecule has 1 saturated heterocycles. The summed E-state index contributed by atoms with van der Waals surface area (Å²) >= 11 is 0. The zero-order valence-electron chi connectivity index (χ0n) is 15.4. The molecule has 2 aromatic rings. The Hall–Kier alpha value is -3.09. The summed E-state index contributed by atoms with van der Waals surface area (Å²) in [4.78, 5) is 42.9. The van der Waals surface area contributed by atoms with Crippen LogP contribution in [0.1, 0.15) is 29.3 Å². The number of nitrogens with zero attached hydrogens (tertiary/aromatic N) is 2. The summed E-state index contributed by atoms with van der Waals surface area (Å²) in [7, 11) is 0. The number of amides is 3. The average Bonchev–Trinajstić information content (AvgIpc) is 3.02. The number of carbonyl (C=O) groups excluding carboxylic acids is 3. The second-order valence-electron chi connectivity index (χ2n) is 6.68. The first-order valence-electron chi connectivity index (χ1n) is 9.09. The second kappa shape index (κ2) is 8.53. The Morgan fingerprint density at radius 3 is 2.37 bits per heavy atom. The maximum atomic E-state index is 12.7. The molecule has 0 aliphatic carbocycles. The number of aromatic nitrogens is 1. The van der Waals surface area contributed by atoms with Gasteiger partial charge in [-0.1, -0.05) is 0 Å². The van der Waals surface area contributed by atoms with Gasteiger partial charge in [0.25, 0.3) is 5.91 Å². The topological polar surface area (TPSA) is 85.5 Å². The number of hydrogen-bond acceptors (Lipinski definition) is 3. The molecule has 142 valence electrons. The van der Waals surface area contributed by atoms with Crippen molar-refractivity contribution in [3.05, 3.63) is 53.9 Å². The Balaban J connectivity index is 1.57. The fourth-order valence-corrected chi connectivity index (χ4v) is 3.21. The van der Waals surface area contributed by atoms with Gasteiger partial charge in [-0.2, -0.15) is 0 Å². The maximum Gasteiger partial charge on any atom is 0.253 e. The van der Waals surface area contributed by atoms with Crippen LogP contribution in [0.5, 0.6) is 0 Å². The monoisotopic (exact) mass is 368 g/mol. The van der Waals surface area contributed by atoms with Gasteiger partial charge in [0.15, 0.2) is 0 Å². The van der Waals surface area contributed by atoms with Crippen LogP contribution in [-0.2, 0) is 16.0 Å². The quantitative estimate of drug-likeness (QED) is 0.864. The molecule has 2 N–H and O–H groups in total. The highest BCUT2D eigenvalue weighted by atomic mass is 16.2. The van der Waals surface area contributed by atoms with Crippen LogP contribution in [0.2, 0.25) is 0 Å². The molecule has 1 aliphatic rings. The van der Waals surface area contributed by atoms with Crippen molar-refractivity contribution in [2.24, 2.45) is 0 Å². The average molecular weight is 368 g/mol. The third-order valence-electron chi connectivity index (χ3n) is 4.61. The Morgan fingerprint density at radius 1 is 1.00 bits per heavy atom. The summed E-state index contributed by atoms with van der Waals surface area (Å²) in [5.74, 6) is -0.112. The third-order valence-corrected chi connectivity index (χ3v) is 4.61. The molecule has 0 radical (unpaired) electrons. The van der Waals surface area contributed by atoms with Crippen LogP contribution in [0.25, 0.3) is 0 Å². The van der Waals surface area contributed by atoms with E-state index in [4.69, 9.17) is 0 Å². The Bertz CT molecular complexity index is 799. The van der Waals surface area contributed by atoms with E-state index in [0.29, 0.717) is 43.9 Å². The van der Waals surface area contributed by atoms with E-state index in [1.165, 1.54) is 6.92 Å². The molecule has 7 heteroatoms. The van der Waals surface area contributed by atoms with E-state index in [0.717, 1.165) is 12.0 Å². The zero-order valence-corrected chi connectivity index (χ0v) is 15.4. The number of anilines is 1. The highest BCUT2D eigenvalue weighted by Gasteiger charge is 2.23. The summed E-state index contributed by atoms with van der Waals surface area (Å²) in [6, 6.07) is 8.77. The molecule has 3 amide bonds. The van der Waals surface area contributed by atoms with Crippen molar-refractivity contribution in [1.29, 1.82) is 0 Å². The molecule has 0 saturated carbocycles. The summed E-state index contributed by atoms with van der Waals surface area (Å²) in [5.41, 5.74) is 2.21. The molecule has 27 heavy (non-hydrogen) atoms. The van der Waals surface area contributed by atoms with Gasteiger partial charge in [0.1, 0.15) is 0 Å². The standard InChI is InChI=1S/C20H24N4O3/c1-15(25)22-18-5-3-17(4-6-18)20(27)24-10-2-9-23(11-12-24)19(26)13-16-7-8-21-14-16/h3-8,14,21H,2,9-13H2,1H3,(H,22,25). The first-order valence-corrected chi connectivity index (χ1v) is 9.09. The molecule has 0 spiro atoms. The lowest BCUT2D eigenvalue weighted by Crippen LogP contribution is -2.37. The highest BCUT2D eigenvalue weighted by molar-refractivity contribution is 5.95. The number of nitrogens with one attached hydrogen (secondary N) is 2. The normalized spacial score (nSPS) is 14.6. The second-order valence-corrected chi connectivity index (χ2v) is 6.68. The van der Waals surface area contributed by atoms with Gasteiger partial charge in [0.05, 0.1) is 6.42 Å². The minimum atomic E-state index is -0.147. The molecule has 0 bridgehead atoms. The number of carbonyl (C=O) groups is 3. The minimum absolute atomic E-state index is 0.0516. The molecule has 1 fully saturated rings. The highest BCUT2D eigenvalue weighted by Crippen LogP contribution is 2.14. The van der Waals surface area contributed by atoms with Crippen LogP contribution in [0.4, 0.5) is 5.69 Å². The number of rotatable bonds is 4. The number of aromatic amines is 1. The summed E-state index contributed by atoms with van der Waals surface area (Å²) in [6.07, 6.45) is 4.77. The van der Waals surface area contributed by atoms with E-state index < -0.39 is 0 Å². The van der Waals surface area contributed by atoms with E-state index in [1.807, 2.05) is 23.4 Å². The number of hydrogen-bond donors (Lipinski definition) is 2. The van der Waals surface area contributed by atoms with Gasteiger partial charge in [-0.3, -0.25) is 14.4 Å². The SMILES string of the molecule is CC(=O)Nc1ccc(C(=O)N2CCCN(C(=O)Cc3cc[nH]c3)CC2)cc1. The van der Waals surface area contributed by atoms with Crippen molar-refractivity contribution >= 4 is 23.4 Å². The van der Waals surface area contributed by atoms with Crippen molar-refractivity contribution in [3.63, 3.8) is 0 Å². The van der Waals surface area contributed by atoms with Crippen LogP contribution in [0, 0.1) is 0 Å². The molecule has 2 heterocycles. The van der Waals surface area contributed by atoms with Crippen LogP contribution >= 0.6 is 0 Å². The van der Waals surface area contributed by atoms with Crippen molar-refractivity contribution < 1.29 is 14.4 Å². The fourth-order valence-electron chi connectivity index (χ4n) is 3.21. The summed E-state index contributed by atoms with van der Waals surface area (Å²) in [6.45, 7) is 3.79. The van der Waals surface area contributed by atoms with Gasteiger partial charge in [0.2, 0.25) is 11.8 Å². The van der Waals surface area contributed by atoms with Crippen molar-refractivity contribution in [1.82, 2.24) is 14.8 Å². The number of H-pyrrole nitrogens is 1. The third kappa shape index (κ3) is 4.97. The maximum absolute atomic E-state index is 12.7. The Labute approximate surface area is 158 Å². The van der Waals surface area contributed by atoms with Crippen LogP contribution in [0.15, 0.2) is 42.7 Å². The molecule has 1 aliphatic heterocycles. The van der Waals surface area contributed by atoms with Gasteiger partial charge in [-0.05, 0) is 42.3 Å². The molecule has 3 rings (SSSR count). The van der Waals surface area contributed by atoms with E-state index in [-0.39, 0.29) is 17.7 Å². The van der Waals surface area contributed by atoms with Gasteiger partial charge >= 0.3 is 0 Å². The first kappa shape index (κ1) is 18.7. The molecule has 1 aromatic carbocycles. The van der Waals surface area contributed by atoms with Gasteiger partial charge in [-0.25, -0.2) is 0 Å². The number of benzene rings is 1. The molecular weight excluding hydrogens is 344 g/mol. The van der Waals surface area contributed by atoms with Crippen molar-refractivity contribution in [3.8, 4) is 0 Å². The summed E-state index contributed by atoms with van der Waals surface area (Å²) in [5, 5.41) is 2.69. The smallest absolute Gasteiger partial charge is 0.253 e. The molecule has 0 unspecified atom stereocenters. The van der Waals surface area contributed by atoms with E-state index in [2.05, 4.69) is 10.3 Å². The zero-order chi connectivity index (χ0) is 19.2. The summed E-state index contributed by atoms with van der Waals surface area (Å²) < 4.78 is 0. The van der Waals surface area contributed by atoms with Gasteiger partial charge in [0, 0.05) is 56.7 Å². The van der Waals surface area contributed by atoms with Crippen LogP contribution in [-0.4, -0.2) is 58.7 Å². The predicted octanol–water partition coefficient (Wildman–Crippen LogP) is 1.89. The van der Waals surface area contributed by atoms with E-state index >= 15 is 0 Å². The Kier molecular flexibility index (Phi) is 5.90. The van der Waals surface area contributed by atoms with E-state index in [9.17, 15) is 14.4 Å². The molecule has 7 nitrogen and oxygen atoms in total. The van der Waals surface area contributed by atoms with Crippen LogP contribution < -0.4 is 5.32 Å². The van der Waals surface area contributed by atoms with Crippen LogP contribution in [0.3, 0.4) is 0 Å². The molecular formula is C20H24N4O3. The lowest BCUT2D eigenvalue weighted by Gasteiger charge is -2.22. The minimum Gasteiger partial charge on any atom is -0.367 e. The predicted molar refractivity (Wildman–Crippen MR) is 102 cm³/mol. The van der Waals surface area contributed by atoms with Gasteiger partial charge in [-0.15, -0.1) is 0 Å². The van der Waals surface area contributed by atoms with Crippen molar-refractivity contribution in [2.45, 2.75) is 19.8 Å².